The van der Waals surface area contributed by atoms with Gasteiger partial charge in [-0.25, -0.2) is 0 Å². The summed E-state index contributed by atoms with van der Waals surface area (Å²) in [5.41, 5.74) is 1.01. The van der Waals surface area contributed by atoms with Crippen LogP contribution in [-0.4, -0.2) is 25.7 Å². The summed E-state index contributed by atoms with van der Waals surface area (Å²) in [6, 6.07) is 0. The van der Waals surface area contributed by atoms with Crippen LogP contribution in [0.15, 0.2) is 12.2 Å². The summed E-state index contributed by atoms with van der Waals surface area (Å²) in [4.78, 5) is 11.7. The van der Waals surface area contributed by atoms with Gasteiger partial charge in [0, 0.05) is 12.5 Å². The molecular formula is C13H23NO2. The minimum absolute atomic E-state index is 0.207. The first kappa shape index (κ1) is 13.2. The summed E-state index contributed by atoms with van der Waals surface area (Å²) in [5, 5.41) is 2.93. The Morgan fingerprint density at radius 1 is 1.38 bits per heavy atom. The summed E-state index contributed by atoms with van der Waals surface area (Å²) in [7, 11) is 0. The average Bonchev–Trinajstić information content (AvgIpc) is 2.29. The normalized spacial score (nSPS) is 17.1. The molecule has 1 saturated carbocycles. The van der Waals surface area contributed by atoms with Crippen molar-refractivity contribution in [3.63, 3.8) is 0 Å². The van der Waals surface area contributed by atoms with Crippen molar-refractivity contribution >= 4 is 5.91 Å². The van der Waals surface area contributed by atoms with Gasteiger partial charge in [0.2, 0.25) is 5.91 Å². The van der Waals surface area contributed by atoms with Gasteiger partial charge in [-0.2, -0.15) is 0 Å². The van der Waals surface area contributed by atoms with Gasteiger partial charge in [0.05, 0.1) is 13.2 Å². The van der Waals surface area contributed by atoms with E-state index in [0.29, 0.717) is 19.8 Å². The number of amides is 1. The van der Waals surface area contributed by atoms with Crippen molar-refractivity contribution in [2.45, 2.75) is 39.0 Å². The van der Waals surface area contributed by atoms with Gasteiger partial charge in [-0.05, 0) is 19.8 Å². The summed E-state index contributed by atoms with van der Waals surface area (Å²) >= 11 is 0. The molecule has 0 spiro atoms. The molecule has 0 unspecified atom stereocenters. The molecule has 0 heterocycles. The predicted molar refractivity (Wildman–Crippen MR) is 65.2 cm³/mol. The van der Waals surface area contributed by atoms with Crippen LogP contribution < -0.4 is 5.32 Å². The Morgan fingerprint density at radius 2 is 2.06 bits per heavy atom. The molecule has 3 nitrogen and oxygen atoms in total. The molecular weight excluding hydrogens is 202 g/mol. The van der Waals surface area contributed by atoms with Gasteiger partial charge in [-0.15, -0.1) is 0 Å². The van der Waals surface area contributed by atoms with Crippen molar-refractivity contribution in [2.75, 3.05) is 19.8 Å². The zero-order valence-electron chi connectivity index (χ0n) is 10.3. The second-order valence-corrected chi connectivity index (χ2v) is 4.64. The molecule has 0 bridgehead atoms. The van der Waals surface area contributed by atoms with Crippen molar-refractivity contribution in [3.8, 4) is 0 Å². The smallest absolute Gasteiger partial charge is 0.223 e. The summed E-state index contributed by atoms with van der Waals surface area (Å²) < 4.78 is 5.32. The monoisotopic (exact) mass is 225 g/mol. The maximum absolute atomic E-state index is 11.7. The van der Waals surface area contributed by atoms with Gasteiger partial charge < -0.3 is 10.1 Å². The van der Waals surface area contributed by atoms with E-state index in [9.17, 15) is 4.79 Å². The molecule has 0 saturated heterocycles. The standard InChI is InChI=1S/C13H23NO2/c1-11(2)10-16-9-8-14-13(15)12-6-4-3-5-7-12/h12H,1,3-10H2,2H3,(H,14,15). The second kappa shape index (κ2) is 7.44. The molecule has 1 N–H and O–H groups in total. The SMILES string of the molecule is C=C(C)COCCNC(=O)C1CCCCC1. The van der Waals surface area contributed by atoms with E-state index >= 15 is 0 Å². The molecule has 0 aromatic rings. The highest BCUT2D eigenvalue weighted by Crippen LogP contribution is 2.23. The van der Waals surface area contributed by atoms with Gasteiger partial charge in [0.25, 0.3) is 0 Å². The first-order valence-electron chi connectivity index (χ1n) is 6.20. The maximum atomic E-state index is 11.7. The van der Waals surface area contributed by atoms with Crippen LogP contribution in [0, 0.1) is 5.92 Å². The Hall–Kier alpha value is -0.830. The molecule has 0 aromatic heterocycles. The van der Waals surface area contributed by atoms with E-state index in [1.807, 2.05) is 6.92 Å². The molecule has 1 rings (SSSR count). The van der Waals surface area contributed by atoms with Gasteiger partial charge in [0.1, 0.15) is 0 Å². The Labute approximate surface area is 98.2 Å². The highest BCUT2D eigenvalue weighted by Gasteiger charge is 2.20. The van der Waals surface area contributed by atoms with Crippen molar-refractivity contribution in [1.82, 2.24) is 5.32 Å². The highest BCUT2D eigenvalue weighted by molar-refractivity contribution is 5.78. The van der Waals surface area contributed by atoms with Gasteiger partial charge in [-0.1, -0.05) is 31.4 Å². The molecule has 1 fully saturated rings. The van der Waals surface area contributed by atoms with Crippen LogP contribution in [-0.2, 0) is 9.53 Å². The highest BCUT2D eigenvalue weighted by atomic mass is 16.5. The van der Waals surface area contributed by atoms with Crippen LogP contribution in [0.2, 0.25) is 0 Å². The number of carbonyl (C=O) groups is 1. The molecule has 1 aliphatic rings. The van der Waals surface area contributed by atoms with Crippen LogP contribution >= 0.6 is 0 Å². The van der Waals surface area contributed by atoms with Crippen LogP contribution in [0.4, 0.5) is 0 Å². The fraction of sp³-hybridized carbons (Fsp3) is 0.769. The number of hydrogen-bond acceptors (Lipinski definition) is 2. The van der Waals surface area contributed by atoms with E-state index in [1.54, 1.807) is 0 Å². The van der Waals surface area contributed by atoms with Crippen LogP contribution in [0.25, 0.3) is 0 Å². The molecule has 0 atom stereocenters. The Balaban J connectivity index is 2.03. The fourth-order valence-electron chi connectivity index (χ4n) is 2.00. The topological polar surface area (TPSA) is 38.3 Å². The van der Waals surface area contributed by atoms with E-state index in [-0.39, 0.29) is 11.8 Å². The average molecular weight is 225 g/mol. The molecule has 3 heteroatoms. The lowest BCUT2D eigenvalue weighted by atomic mass is 9.89. The number of carbonyl (C=O) groups excluding carboxylic acids is 1. The summed E-state index contributed by atoms with van der Waals surface area (Å²) in [6.07, 6.45) is 5.79. The molecule has 1 amide bonds. The van der Waals surface area contributed by atoms with Gasteiger partial charge in [0.15, 0.2) is 0 Å². The Morgan fingerprint density at radius 3 is 2.69 bits per heavy atom. The van der Waals surface area contributed by atoms with Crippen LogP contribution in [0.3, 0.4) is 0 Å². The largest absolute Gasteiger partial charge is 0.375 e. The van der Waals surface area contributed by atoms with Crippen molar-refractivity contribution in [3.05, 3.63) is 12.2 Å². The van der Waals surface area contributed by atoms with E-state index in [1.165, 1.54) is 19.3 Å². The van der Waals surface area contributed by atoms with E-state index in [2.05, 4.69) is 11.9 Å². The van der Waals surface area contributed by atoms with E-state index < -0.39 is 0 Å². The molecule has 92 valence electrons. The van der Waals surface area contributed by atoms with Gasteiger partial charge >= 0.3 is 0 Å². The van der Waals surface area contributed by atoms with Gasteiger partial charge in [-0.3, -0.25) is 4.79 Å². The maximum Gasteiger partial charge on any atom is 0.223 e. The van der Waals surface area contributed by atoms with Crippen molar-refractivity contribution < 1.29 is 9.53 Å². The lowest BCUT2D eigenvalue weighted by molar-refractivity contribution is -0.126. The minimum atomic E-state index is 0.207. The fourth-order valence-corrected chi connectivity index (χ4v) is 2.00. The van der Waals surface area contributed by atoms with Crippen LogP contribution in [0.1, 0.15) is 39.0 Å². The Bertz CT molecular complexity index is 232. The molecule has 0 radical (unpaired) electrons. The quantitative estimate of drug-likeness (QED) is 0.556. The number of rotatable bonds is 6. The first-order chi connectivity index (χ1) is 7.70. The van der Waals surface area contributed by atoms with E-state index in [0.717, 1.165) is 18.4 Å². The Kier molecular flexibility index (Phi) is 6.16. The third kappa shape index (κ3) is 5.31. The number of hydrogen-bond donors (Lipinski definition) is 1. The van der Waals surface area contributed by atoms with E-state index in [4.69, 9.17) is 4.74 Å². The number of nitrogens with one attached hydrogen (secondary N) is 1. The zero-order valence-corrected chi connectivity index (χ0v) is 10.3. The molecule has 0 aromatic carbocycles. The van der Waals surface area contributed by atoms with Crippen molar-refractivity contribution in [2.24, 2.45) is 5.92 Å². The number of ether oxygens (including phenoxy) is 1. The zero-order chi connectivity index (χ0) is 11.8. The molecule has 16 heavy (non-hydrogen) atoms. The van der Waals surface area contributed by atoms with Crippen molar-refractivity contribution in [1.29, 1.82) is 0 Å². The lowest BCUT2D eigenvalue weighted by Crippen LogP contribution is -2.34. The first-order valence-corrected chi connectivity index (χ1v) is 6.20. The second-order valence-electron chi connectivity index (χ2n) is 4.64. The summed E-state index contributed by atoms with van der Waals surface area (Å²) in [5.74, 6) is 0.452. The molecule has 1 aliphatic carbocycles. The summed E-state index contributed by atoms with van der Waals surface area (Å²) in [6.45, 7) is 7.45. The van der Waals surface area contributed by atoms with Crippen LogP contribution in [0.5, 0.6) is 0 Å². The molecule has 0 aliphatic heterocycles. The predicted octanol–water partition coefficient (Wildman–Crippen LogP) is 2.28. The third-order valence-electron chi connectivity index (χ3n) is 2.87. The lowest BCUT2D eigenvalue weighted by Gasteiger charge is -2.20. The minimum Gasteiger partial charge on any atom is -0.375 e. The third-order valence-corrected chi connectivity index (χ3v) is 2.87.